The largest absolute Gasteiger partial charge is 0.352 e. The Morgan fingerprint density at radius 1 is 1.44 bits per heavy atom. The maximum absolute atomic E-state index is 11.7. The van der Waals surface area contributed by atoms with Crippen molar-refractivity contribution in [2.45, 2.75) is 19.8 Å². The van der Waals surface area contributed by atoms with E-state index in [0.29, 0.717) is 17.1 Å². The van der Waals surface area contributed by atoms with E-state index in [0.717, 1.165) is 23.7 Å². The summed E-state index contributed by atoms with van der Waals surface area (Å²) in [7, 11) is 0. The Morgan fingerprint density at radius 3 is 2.81 bits per heavy atom. The highest BCUT2D eigenvalue weighted by Crippen LogP contribution is 2.16. The highest BCUT2D eigenvalue weighted by Gasteiger charge is 2.06. The number of hydrogen-bond donors (Lipinski definition) is 1. The van der Waals surface area contributed by atoms with Gasteiger partial charge in [0.25, 0.3) is 5.91 Å². The molecule has 88 valence electrons. The SMILES string of the molecule is Cc1ccc(C(=O)NCCCCBr)cc1Cl. The lowest BCUT2D eigenvalue weighted by atomic mass is 10.1. The third kappa shape index (κ3) is 4.14. The van der Waals surface area contributed by atoms with Gasteiger partial charge in [-0.15, -0.1) is 0 Å². The Bertz CT molecular complexity index is 368. The van der Waals surface area contributed by atoms with E-state index in [-0.39, 0.29) is 5.91 Å². The molecule has 1 amide bonds. The number of alkyl halides is 1. The van der Waals surface area contributed by atoms with Crippen molar-refractivity contribution in [1.82, 2.24) is 5.32 Å². The summed E-state index contributed by atoms with van der Waals surface area (Å²) in [4.78, 5) is 11.7. The van der Waals surface area contributed by atoms with Crippen molar-refractivity contribution in [1.29, 1.82) is 0 Å². The Labute approximate surface area is 110 Å². The van der Waals surface area contributed by atoms with Crippen LogP contribution in [-0.2, 0) is 0 Å². The number of halogens is 2. The minimum atomic E-state index is -0.0588. The number of rotatable bonds is 5. The van der Waals surface area contributed by atoms with Crippen molar-refractivity contribution in [2.75, 3.05) is 11.9 Å². The second-order valence-electron chi connectivity index (χ2n) is 3.62. The molecule has 0 heterocycles. The number of aryl methyl sites for hydroxylation is 1. The summed E-state index contributed by atoms with van der Waals surface area (Å²) >= 11 is 9.30. The number of nitrogens with one attached hydrogen (secondary N) is 1. The molecule has 0 radical (unpaired) electrons. The van der Waals surface area contributed by atoms with Crippen molar-refractivity contribution in [3.63, 3.8) is 0 Å². The summed E-state index contributed by atoms with van der Waals surface area (Å²) in [5.74, 6) is -0.0588. The summed E-state index contributed by atoms with van der Waals surface area (Å²) in [6, 6.07) is 5.35. The van der Waals surface area contributed by atoms with E-state index in [4.69, 9.17) is 11.6 Å². The second kappa shape index (κ2) is 6.92. The topological polar surface area (TPSA) is 29.1 Å². The number of hydrogen-bond acceptors (Lipinski definition) is 1. The van der Waals surface area contributed by atoms with Gasteiger partial charge < -0.3 is 5.32 Å². The van der Waals surface area contributed by atoms with Crippen LogP contribution in [0.15, 0.2) is 18.2 Å². The number of unbranched alkanes of at least 4 members (excludes halogenated alkanes) is 1. The Balaban J connectivity index is 2.50. The van der Waals surface area contributed by atoms with Gasteiger partial charge in [-0.3, -0.25) is 4.79 Å². The van der Waals surface area contributed by atoms with Gasteiger partial charge in [-0.25, -0.2) is 0 Å². The summed E-state index contributed by atoms with van der Waals surface area (Å²) in [5.41, 5.74) is 1.60. The van der Waals surface area contributed by atoms with Crippen LogP contribution in [0.4, 0.5) is 0 Å². The van der Waals surface area contributed by atoms with E-state index in [1.165, 1.54) is 0 Å². The van der Waals surface area contributed by atoms with Crippen LogP contribution >= 0.6 is 27.5 Å². The van der Waals surface area contributed by atoms with Gasteiger partial charge in [0.1, 0.15) is 0 Å². The monoisotopic (exact) mass is 303 g/mol. The van der Waals surface area contributed by atoms with E-state index in [1.807, 2.05) is 13.0 Å². The summed E-state index contributed by atoms with van der Waals surface area (Å²) in [6.45, 7) is 2.62. The first-order chi connectivity index (χ1) is 7.65. The lowest BCUT2D eigenvalue weighted by Gasteiger charge is -2.05. The van der Waals surface area contributed by atoms with Crippen LogP contribution in [0.1, 0.15) is 28.8 Å². The van der Waals surface area contributed by atoms with Gasteiger partial charge in [0.05, 0.1) is 0 Å². The molecule has 0 unspecified atom stereocenters. The zero-order valence-corrected chi connectivity index (χ0v) is 11.6. The van der Waals surface area contributed by atoms with Crippen LogP contribution in [0.3, 0.4) is 0 Å². The lowest BCUT2D eigenvalue weighted by Crippen LogP contribution is -2.24. The Morgan fingerprint density at radius 2 is 2.19 bits per heavy atom. The number of carbonyl (C=O) groups is 1. The van der Waals surface area contributed by atoms with Gasteiger partial charge in [-0.1, -0.05) is 33.6 Å². The van der Waals surface area contributed by atoms with Crippen molar-refractivity contribution in [2.24, 2.45) is 0 Å². The van der Waals surface area contributed by atoms with E-state index < -0.39 is 0 Å². The fourth-order valence-electron chi connectivity index (χ4n) is 1.26. The van der Waals surface area contributed by atoms with Crippen LogP contribution in [0.2, 0.25) is 5.02 Å². The van der Waals surface area contributed by atoms with Gasteiger partial charge in [-0.2, -0.15) is 0 Å². The fourth-order valence-corrected chi connectivity index (χ4v) is 1.83. The van der Waals surface area contributed by atoms with Crippen LogP contribution < -0.4 is 5.32 Å². The zero-order valence-electron chi connectivity index (χ0n) is 9.22. The first-order valence-electron chi connectivity index (χ1n) is 5.25. The minimum Gasteiger partial charge on any atom is -0.352 e. The van der Waals surface area contributed by atoms with Crippen molar-refractivity contribution in [3.05, 3.63) is 34.3 Å². The number of carbonyl (C=O) groups excluding carboxylic acids is 1. The van der Waals surface area contributed by atoms with Crippen LogP contribution in [0, 0.1) is 6.92 Å². The third-order valence-corrected chi connectivity index (χ3v) is 3.25. The standard InChI is InChI=1S/C12H15BrClNO/c1-9-4-5-10(8-11(9)14)12(16)15-7-3-2-6-13/h4-5,8H,2-3,6-7H2,1H3,(H,15,16). The van der Waals surface area contributed by atoms with Crippen molar-refractivity contribution >= 4 is 33.4 Å². The molecule has 1 aromatic carbocycles. The molecule has 0 aromatic heterocycles. The quantitative estimate of drug-likeness (QED) is 0.654. The normalized spacial score (nSPS) is 10.2. The van der Waals surface area contributed by atoms with Gasteiger partial charge in [-0.05, 0) is 37.5 Å². The van der Waals surface area contributed by atoms with Gasteiger partial charge in [0.2, 0.25) is 0 Å². The molecular formula is C12H15BrClNO. The lowest BCUT2D eigenvalue weighted by molar-refractivity contribution is 0.0953. The highest BCUT2D eigenvalue weighted by molar-refractivity contribution is 9.09. The molecule has 0 saturated heterocycles. The average Bonchev–Trinajstić information content (AvgIpc) is 2.28. The molecular weight excluding hydrogens is 289 g/mol. The Kier molecular flexibility index (Phi) is 5.85. The molecule has 4 heteroatoms. The van der Waals surface area contributed by atoms with E-state index in [2.05, 4.69) is 21.2 Å². The minimum absolute atomic E-state index is 0.0588. The fraction of sp³-hybridized carbons (Fsp3) is 0.417. The Hall–Kier alpha value is -0.540. The molecule has 0 atom stereocenters. The van der Waals surface area contributed by atoms with E-state index >= 15 is 0 Å². The molecule has 0 fully saturated rings. The van der Waals surface area contributed by atoms with Crippen molar-refractivity contribution < 1.29 is 4.79 Å². The summed E-state index contributed by atoms with van der Waals surface area (Å²) in [5, 5.41) is 4.47. The molecule has 0 aliphatic carbocycles. The van der Waals surface area contributed by atoms with Crippen LogP contribution in [-0.4, -0.2) is 17.8 Å². The summed E-state index contributed by atoms with van der Waals surface area (Å²) < 4.78 is 0. The molecule has 0 bridgehead atoms. The van der Waals surface area contributed by atoms with Gasteiger partial charge in [0.15, 0.2) is 0 Å². The number of amides is 1. The first-order valence-corrected chi connectivity index (χ1v) is 6.75. The van der Waals surface area contributed by atoms with Crippen molar-refractivity contribution in [3.8, 4) is 0 Å². The predicted molar refractivity (Wildman–Crippen MR) is 71.6 cm³/mol. The summed E-state index contributed by atoms with van der Waals surface area (Å²) in [6.07, 6.45) is 2.05. The molecule has 2 nitrogen and oxygen atoms in total. The van der Waals surface area contributed by atoms with Gasteiger partial charge in [0, 0.05) is 22.5 Å². The van der Waals surface area contributed by atoms with E-state index in [9.17, 15) is 4.79 Å². The molecule has 0 saturated carbocycles. The molecule has 1 N–H and O–H groups in total. The molecule has 1 rings (SSSR count). The smallest absolute Gasteiger partial charge is 0.251 e. The first kappa shape index (κ1) is 13.5. The van der Waals surface area contributed by atoms with E-state index in [1.54, 1.807) is 12.1 Å². The number of benzene rings is 1. The maximum Gasteiger partial charge on any atom is 0.251 e. The van der Waals surface area contributed by atoms with Gasteiger partial charge >= 0.3 is 0 Å². The molecule has 0 aliphatic heterocycles. The average molecular weight is 305 g/mol. The predicted octanol–water partition coefficient (Wildman–Crippen LogP) is 3.55. The molecule has 0 spiro atoms. The molecule has 1 aromatic rings. The second-order valence-corrected chi connectivity index (χ2v) is 4.82. The maximum atomic E-state index is 11.7. The van der Waals surface area contributed by atoms with Crippen LogP contribution in [0.25, 0.3) is 0 Å². The zero-order chi connectivity index (χ0) is 12.0. The molecule has 0 aliphatic rings. The third-order valence-electron chi connectivity index (χ3n) is 2.28. The highest BCUT2D eigenvalue weighted by atomic mass is 79.9. The van der Waals surface area contributed by atoms with Crippen LogP contribution in [0.5, 0.6) is 0 Å². The molecule has 16 heavy (non-hydrogen) atoms.